The standard InChI is InChI=1S/C17H20N2O5S/c1-13(17(2,3)24-14-9-5-4-6-10-14)18-25(22,23)16-12-8-7-11-15(16)19(20)21/h4-13,18H,1-3H3/t13-/m1/s1. The molecule has 2 aromatic rings. The van der Waals surface area contributed by atoms with Gasteiger partial charge in [0, 0.05) is 6.07 Å². The monoisotopic (exact) mass is 364 g/mol. The molecule has 0 unspecified atom stereocenters. The smallest absolute Gasteiger partial charge is 0.289 e. The molecule has 0 aliphatic heterocycles. The lowest BCUT2D eigenvalue weighted by Crippen LogP contribution is -2.50. The number of ether oxygens (including phenoxy) is 1. The molecular weight excluding hydrogens is 344 g/mol. The lowest BCUT2D eigenvalue weighted by Gasteiger charge is -2.33. The molecule has 7 nitrogen and oxygen atoms in total. The molecule has 25 heavy (non-hydrogen) atoms. The maximum Gasteiger partial charge on any atom is 0.289 e. The van der Waals surface area contributed by atoms with Crippen molar-refractivity contribution in [3.05, 3.63) is 64.7 Å². The number of hydrogen-bond donors (Lipinski definition) is 1. The summed E-state index contributed by atoms with van der Waals surface area (Å²) in [6, 6.07) is 13.6. The molecule has 1 N–H and O–H groups in total. The Balaban J connectivity index is 2.24. The quantitative estimate of drug-likeness (QED) is 0.601. The van der Waals surface area contributed by atoms with Crippen LogP contribution >= 0.6 is 0 Å². The number of rotatable bonds is 7. The molecule has 0 saturated heterocycles. The number of nitro groups is 1. The van der Waals surface area contributed by atoms with E-state index in [9.17, 15) is 18.5 Å². The van der Waals surface area contributed by atoms with E-state index in [1.165, 1.54) is 18.2 Å². The second-order valence-corrected chi connectivity index (χ2v) is 7.77. The highest BCUT2D eigenvalue weighted by molar-refractivity contribution is 7.89. The molecular formula is C17H20N2O5S. The Morgan fingerprint density at radius 3 is 2.24 bits per heavy atom. The van der Waals surface area contributed by atoms with Gasteiger partial charge < -0.3 is 4.74 Å². The first-order valence-electron chi connectivity index (χ1n) is 7.63. The van der Waals surface area contributed by atoms with E-state index in [0.29, 0.717) is 5.75 Å². The molecule has 0 aromatic heterocycles. The molecule has 0 fully saturated rings. The van der Waals surface area contributed by atoms with E-state index in [2.05, 4.69) is 4.72 Å². The number of sulfonamides is 1. The first kappa shape index (κ1) is 18.9. The van der Waals surface area contributed by atoms with Crippen LogP contribution in [0.4, 0.5) is 5.69 Å². The van der Waals surface area contributed by atoms with E-state index >= 15 is 0 Å². The van der Waals surface area contributed by atoms with E-state index in [1.54, 1.807) is 32.9 Å². The molecule has 0 heterocycles. The van der Waals surface area contributed by atoms with Crippen molar-refractivity contribution in [2.24, 2.45) is 0 Å². The zero-order valence-electron chi connectivity index (χ0n) is 14.2. The van der Waals surface area contributed by atoms with Gasteiger partial charge in [0.05, 0.1) is 11.0 Å². The zero-order chi connectivity index (χ0) is 18.7. The largest absolute Gasteiger partial charge is 0.486 e. The lowest BCUT2D eigenvalue weighted by atomic mass is 10.0. The molecule has 0 amide bonds. The highest BCUT2D eigenvalue weighted by atomic mass is 32.2. The minimum absolute atomic E-state index is 0.373. The van der Waals surface area contributed by atoms with Crippen LogP contribution in [0, 0.1) is 10.1 Å². The fourth-order valence-corrected chi connectivity index (χ4v) is 3.71. The summed E-state index contributed by atoms with van der Waals surface area (Å²) < 4.78 is 33.5. The van der Waals surface area contributed by atoms with Gasteiger partial charge in [-0.2, -0.15) is 0 Å². The van der Waals surface area contributed by atoms with Crippen LogP contribution in [0.2, 0.25) is 0 Å². The Bertz CT molecular complexity index is 850. The van der Waals surface area contributed by atoms with E-state index < -0.39 is 32.3 Å². The van der Waals surface area contributed by atoms with Crippen LogP contribution in [0.1, 0.15) is 20.8 Å². The van der Waals surface area contributed by atoms with Gasteiger partial charge in [-0.1, -0.05) is 30.3 Å². The first-order chi connectivity index (χ1) is 11.6. The van der Waals surface area contributed by atoms with Crippen molar-refractivity contribution >= 4 is 15.7 Å². The molecule has 2 aromatic carbocycles. The molecule has 0 saturated carbocycles. The molecule has 2 rings (SSSR count). The van der Waals surface area contributed by atoms with Gasteiger partial charge in [-0.05, 0) is 39.0 Å². The summed E-state index contributed by atoms with van der Waals surface area (Å²) in [6.07, 6.45) is 0. The van der Waals surface area contributed by atoms with Gasteiger partial charge in [0.25, 0.3) is 5.69 Å². The Morgan fingerprint density at radius 2 is 1.64 bits per heavy atom. The van der Waals surface area contributed by atoms with Crippen LogP contribution in [0.5, 0.6) is 5.75 Å². The van der Waals surface area contributed by atoms with Gasteiger partial charge in [0.15, 0.2) is 4.90 Å². The minimum Gasteiger partial charge on any atom is -0.486 e. The van der Waals surface area contributed by atoms with Crippen molar-refractivity contribution in [1.82, 2.24) is 4.72 Å². The Kier molecular flexibility index (Phi) is 5.44. The number of hydrogen-bond acceptors (Lipinski definition) is 5. The molecule has 1 atom stereocenters. The van der Waals surface area contributed by atoms with E-state index in [-0.39, 0.29) is 4.90 Å². The van der Waals surface area contributed by atoms with Crippen LogP contribution < -0.4 is 9.46 Å². The normalized spacial score (nSPS) is 13.2. The fourth-order valence-electron chi connectivity index (χ4n) is 2.15. The Hall–Kier alpha value is -2.45. The number of nitrogens with one attached hydrogen (secondary N) is 1. The maximum absolute atomic E-state index is 12.6. The highest BCUT2D eigenvalue weighted by Gasteiger charge is 2.34. The van der Waals surface area contributed by atoms with Gasteiger partial charge in [-0.15, -0.1) is 0 Å². The topological polar surface area (TPSA) is 98.5 Å². The third-order valence-electron chi connectivity index (χ3n) is 3.85. The first-order valence-corrected chi connectivity index (χ1v) is 9.11. The van der Waals surface area contributed by atoms with Crippen LogP contribution in [-0.4, -0.2) is 25.0 Å². The summed E-state index contributed by atoms with van der Waals surface area (Å²) in [4.78, 5) is 9.99. The summed E-state index contributed by atoms with van der Waals surface area (Å²) in [5.41, 5.74) is -1.35. The van der Waals surface area contributed by atoms with Gasteiger partial charge in [0.1, 0.15) is 11.4 Å². The molecule has 0 bridgehead atoms. The number of nitro benzene ring substituents is 1. The SMILES string of the molecule is C[C@@H](NS(=O)(=O)c1ccccc1[N+](=O)[O-])C(C)(C)Oc1ccccc1. The van der Waals surface area contributed by atoms with Crippen LogP contribution in [-0.2, 0) is 10.0 Å². The van der Waals surface area contributed by atoms with Crippen molar-refractivity contribution < 1.29 is 18.1 Å². The summed E-state index contributed by atoms with van der Waals surface area (Å²) in [6.45, 7) is 5.13. The van der Waals surface area contributed by atoms with Crippen molar-refractivity contribution in [3.63, 3.8) is 0 Å². The lowest BCUT2D eigenvalue weighted by molar-refractivity contribution is -0.387. The van der Waals surface area contributed by atoms with Gasteiger partial charge in [-0.25, -0.2) is 13.1 Å². The van der Waals surface area contributed by atoms with E-state index in [4.69, 9.17) is 4.74 Å². The summed E-state index contributed by atoms with van der Waals surface area (Å²) >= 11 is 0. The second kappa shape index (κ2) is 7.20. The summed E-state index contributed by atoms with van der Waals surface area (Å²) in [7, 11) is -4.08. The molecule has 0 aliphatic rings. The average molecular weight is 364 g/mol. The molecule has 8 heteroatoms. The Morgan fingerprint density at radius 1 is 1.08 bits per heavy atom. The van der Waals surface area contributed by atoms with Crippen molar-refractivity contribution in [2.75, 3.05) is 0 Å². The third-order valence-corrected chi connectivity index (χ3v) is 5.44. The van der Waals surface area contributed by atoms with E-state index in [0.717, 1.165) is 6.07 Å². The maximum atomic E-state index is 12.6. The van der Waals surface area contributed by atoms with Crippen LogP contribution in [0.3, 0.4) is 0 Å². The van der Waals surface area contributed by atoms with Crippen LogP contribution in [0.15, 0.2) is 59.5 Å². The van der Waals surface area contributed by atoms with Crippen molar-refractivity contribution in [3.8, 4) is 5.75 Å². The van der Waals surface area contributed by atoms with Crippen LogP contribution in [0.25, 0.3) is 0 Å². The highest BCUT2D eigenvalue weighted by Crippen LogP contribution is 2.25. The second-order valence-electron chi connectivity index (χ2n) is 6.09. The number of benzene rings is 2. The van der Waals surface area contributed by atoms with Crippen molar-refractivity contribution in [1.29, 1.82) is 0 Å². The van der Waals surface area contributed by atoms with Gasteiger partial charge >= 0.3 is 0 Å². The predicted molar refractivity (Wildman–Crippen MR) is 94.0 cm³/mol. The van der Waals surface area contributed by atoms with E-state index in [1.807, 2.05) is 18.2 Å². The fraction of sp³-hybridized carbons (Fsp3) is 0.294. The summed E-state index contributed by atoms with van der Waals surface area (Å²) in [5, 5.41) is 11.1. The summed E-state index contributed by atoms with van der Waals surface area (Å²) in [5.74, 6) is 0.601. The predicted octanol–water partition coefficient (Wildman–Crippen LogP) is 3.12. The zero-order valence-corrected chi connectivity index (χ0v) is 15.0. The third kappa shape index (κ3) is 4.55. The van der Waals surface area contributed by atoms with Gasteiger partial charge in [-0.3, -0.25) is 10.1 Å². The number of nitrogens with zero attached hydrogens (tertiary/aromatic N) is 1. The minimum atomic E-state index is -4.08. The Labute approximate surface area is 146 Å². The average Bonchev–Trinajstić information content (AvgIpc) is 2.55. The molecule has 0 radical (unpaired) electrons. The van der Waals surface area contributed by atoms with Crippen molar-refractivity contribution in [2.45, 2.75) is 37.3 Å². The molecule has 134 valence electrons. The molecule has 0 aliphatic carbocycles. The van der Waals surface area contributed by atoms with Gasteiger partial charge in [0.2, 0.25) is 10.0 Å². The molecule has 0 spiro atoms. The number of para-hydroxylation sites is 2.